The van der Waals surface area contributed by atoms with Gasteiger partial charge in [0.25, 0.3) is 5.91 Å². The molecule has 2 N–H and O–H groups in total. The van der Waals surface area contributed by atoms with Crippen molar-refractivity contribution in [1.82, 2.24) is 10.2 Å². The van der Waals surface area contributed by atoms with E-state index in [0.717, 1.165) is 50.5 Å². The number of alkyl halides is 3. The summed E-state index contributed by atoms with van der Waals surface area (Å²) in [7, 11) is 6.73. The molecule has 2 saturated heterocycles. The van der Waals surface area contributed by atoms with E-state index >= 15 is 0 Å². The fourth-order valence-electron chi connectivity index (χ4n) is 6.13. The smallest absolute Gasteiger partial charge is 0.378 e. The van der Waals surface area contributed by atoms with Crippen LogP contribution >= 0.6 is 11.6 Å². The van der Waals surface area contributed by atoms with Crippen molar-refractivity contribution in [2.75, 3.05) is 57.6 Å². The zero-order valence-electron chi connectivity index (χ0n) is 24.5. The lowest BCUT2D eigenvalue weighted by Crippen LogP contribution is -2.58. The third kappa shape index (κ3) is 6.71. The molecule has 2 unspecified atom stereocenters. The maximum Gasteiger partial charge on any atom is 0.428 e. The molecule has 0 bridgehead atoms. The first-order valence-electron chi connectivity index (χ1n) is 14.3. The molecular weight excluding hydrogens is 569 g/mol. The van der Waals surface area contributed by atoms with Crippen LogP contribution in [0.15, 0.2) is 42.5 Å². The Bertz CT molecular complexity index is 1280. The Morgan fingerprint density at radius 1 is 1.02 bits per heavy atom. The van der Waals surface area contributed by atoms with Crippen molar-refractivity contribution >= 4 is 34.7 Å². The monoisotopic (exact) mass is 608 g/mol. The number of rotatable bonds is 8. The number of aliphatic hydroxyl groups is 1. The number of halogens is 4. The molecule has 2 heterocycles. The Kier molecular flexibility index (Phi) is 9.79. The minimum Gasteiger partial charge on any atom is -0.378 e. The van der Waals surface area contributed by atoms with Gasteiger partial charge in [-0.05, 0) is 80.8 Å². The number of benzene rings is 2. The predicted molar refractivity (Wildman–Crippen MR) is 159 cm³/mol. The van der Waals surface area contributed by atoms with Crippen molar-refractivity contribution in [3.63, 3.8) is 0 Å². The van der Waals surface area contributed by atoms with Crippen molar-refractivity contribution in [1.29, 1.82) is 0 Å². The van der Waals surface area contributed by atoms with E-state index in [4.69, 9.17) is 11.6 Å². The largest absolute Gasteiger partial charge is 0.428 e. The first-order valence-corrected chi connectivity index (χ1v) is 14.7. The molecule has 2 aliphatic rings. The van der Waals surface area contributed by atoms with Crippen molar-refractivity contribution in [3.8, 4) is 0 Å². The number of nitrogens with one attached hydrogen (secondary N) is 1. The van der Waals surface area contributed by atoms with Gasteiger partial charge in [-0.15, -0.1) is 0 Å². The molecule has 2 aliphatic heterocycles. The molecule has 0 spiro atoms. The molecule has 2 aromatic rings. The van der Waals surface area contributed by atoms with Gasteiger partial charge in [-0.2, -0.15) is 13.2 Å². The molecule has 42 heavy (non-hydrogen) atoms. The standard InChI is InChI=1S/C31H40ClF3N4O3/c1-37(2)23-7-5-6-22(18-23)30(42,31(33,34)35)28(40)27-17-21(10-13-36-27)16-20-11-14-39(15-12-20)24-8-9-25(26(32)19-24)29(41)38(3)4/h5-9,18-21,27,36,42H,10-17H2,1-4H3/t21?,27?,30-/m1/s1. The number of Topliss-reactive ketones (excluding diaryl/α,β-unsaturated/α-hetero) is 1. The van der Waals surface area contributed by atoms with Crippen LogP contribution in [0, 0.1) is 11.8 Å². The summed E-state index contributed by atoms with van der Waals surface area (Å²) in [5.41, 5.74) is -2.20. The molecule has 2 aromatic carbocycles. The van der Waals surface area contributed by atoms with E-state index < -0.39 is 29.2 Å². The lowest BCUT2D eigenvalue weighted by atomic mass is 9.77. The molecule has 7 nitrogen and oxygen atoms in total. The lowest BCUT2D eigenvalue weighted by Gasteiger charge is -2.39. The first kappa shape index (κ1) is 32.1. The van der Waals surface area contributed by atoms with Crippen molar-refractivity contribution < 1.29 is 27.9 Å². The maximum absolute atomic E-state index is 14.4. The molecule has 4 rings (SSSR count). The van der Waals surface area contributed by atoms with Gasteiger partial charge in [-0.3, -0.25) is 9.59 Å². The number of carbonyl (C=O) groups is 2. The molecule has 0 aromatic heterocycles. The minimum atomic E-state index is -5.17. The van der Waals surface area contributed by atoms with E-state index in [1.165, 1.54) is 17.0 Å². The molecule has 0 radical (unpaired) electrons. The van der Waals surface area contributed by atoms with Crippen molar-refractivity contribution in [3.05, 3.63) is 58.6 Å². The molecule has 0 saturated carbocycles. The molecule has 230 valence electrons. The summed E-state index contributed by atoms with van der Waals surface area (Å²) in [5.74, 6) is -0.949. The summed E-state index contributed by atoms with van der Waals surface area (Å²) < 4.78 is 43.1. The Morgan fingerprint density at radius 3 is 2.31 bits per heavy atom. The number of amides is 1. The van der Waals surface area contributed by atoms with E-state index in [0.29, 0.717) is 28.7 Å². The van der Waals surface area contributed by atoms with E-state index in [1.807, 2.05) is 12.1 Å². The van der Waals surface area contributed by atoms with Gasteiger partial charge < -0.3 is 25.1 Å². The third-order valence-corrected chi connectivity index (χ3v) is 8.92. The van der Waals surface area contributed by atoms with Crippen LogP contribution in [0.3, 0.4) is 0 Å². The van der Waals surface area contributed by atoms with Gasteiger partial charge in [0.05, 0.1) is 16.6 Å². The van der Waals surface area contributed by atoms with Crippen LogP contribution in [0.5, 0.6) is 0 Å². The number of hydrogen-bond donors (Lipinski definition) is 2. The molecule has 2 fully saturated rings. The second-order valence-electron chi connectivity index (χ2n) is 11.9. The Hall–Kier alpha value is -2.82. The number of nitrogens with zero attached hydrogens (tertiary/aromatic N) is 3. The topological polar surface area (TPSA) is 76.1 Å². The minimum absolute atomic E-state index is 0.0770. The molecule has 0 aliphatic carbocycles. The normalized spacial score (nSPS) is 21.5. The highest BCUT2D eigenvalue weighted by molar-refractivity contribution is 6.34. The zero-order chi connectivity index (χ0) is 30.8. The summed E-state index contributed by atoms with van der Waals surface area (Å²) in [6.07, 6.45) is -1.53. The number of carbonyl (C=O) groups excluding carboxylic acids is 2. The molecular formula is C31H40ClF3N4O3. The van der Waals surface area contributed by atoms with Crippen LogP contribution in [-0.2, 0) is 10.4 Å². The van der Waals surface area contributed by atoms with Crippen molar-refractivity contribution in [2.45, 2.75) is 49.9 Å². The SMILES string of the molecule is CN(C)C(=O)c1ccc(N2CCC(CC3CCNC(C(=O)[C@](O)(c4cccc(N(C)C)c4)C(F)(F)F)C3)CC2)cc1Cl. The summed E-state index contributed by atoms with van der Waals surface area (Å²) in [6, 6.07) is 9.80. The van der Waals surface area contributed by atoms with E-state index in [2.05, 4.69) is 10.2 Å². The summed E-state index contributed by atoms with van der Waals surface area (Å²) >= 11 is 6.41. The zero-order valence-corrected chi connectivity index (χ0v) is 25.3. The van der Waals surface area contributed by atoms with Crippen molar-refractivity contribution in [2.24, 2.45) is 11.8 Å². The average molecular weight is 609 g/mol. The van der Waals surface area contributed by atoms with E-state index in [1.54, 1.807) is 45.2 Å². The number of anilines is 2. The molecule has 1 amide bonds. The van der Waals surface area contributed by atoms with Gasteiger partial charge in [-0.1, -0.05) is 23.7 Å². The van der Waals surface area contributed by atoms with Gasteiger partial charge in [0.15, 0.2) is 5.78 Å². The fourth-order valence-corrected chi connectivity index (χ4v) is 6.39. The first-order chi connectivity index (χ1) is 19.7. The predicted octanol–water partition coefficient (Wildman–Crippen LogP) is 5.10. The second kappa shape index (κ2) is 12.8. The highest BCUT2D eigenvalue weighted by Gasteiger charge is 2.62. The van der Waals surface area contributed by atoms with E-state index in [-0.39, 0.29) is 18.2 Å². The number of ketones is 1. The molecule has 3 atom stereocenters. The van der Waals surface area contributed by atoms with Gasteiger partial charge in [0, 0.05) is 58.2 Å². The van der Waals surface area contributed by atoms with Crippen LogP contribution in [-0.4, -0.2) is 81.7 Å². The highest BCUT2D eigenvalue weighted by atomic mass is 35.5. The quantitative estimate of drug-likeness (QED) is 0.434. The second-order valence-corrected chi connectivity index (χ2v) is 12.4. The van der Waals surface area contributed by atoms with Crippen LogP contribution < -0.4 is 15.1 Å². The van der Waals surface area contributed by atoms with Gasteiger partial charge in [0.2, 0.25) is 5.60 Å². The van der Waals surface area contributed by atoms with Crippen LogP contribution in [0.25, 0.3) is 0 Å². The Labute approximate surface area is 250 Å². The van der Waals surface area contributed by atoms with Crippen LogP contribution in [0.1, 0.15) is 48.0 Å². The lowest BCUT2D eigenvalue weighted by molar-refractivity contribution is -0.257. The Balaban J connectivity index is 1.39. The average Bonchev–Trinajstić information content (AvgIpc) is 2.96. The highest BCUT2D eigenvalue weighted by Crippen LogP contribution is 2.43. The summed E-state index contributed by atoms with van der Waals surface area (Å²) in [4.78, 5) is 31.1. The third-order valence-electron chi connectivity index (χ3n) is 8.61. The van der Waals surface area contributed by atoms with E-state index in [9.17, 15) is 27.9 Å². The molecule has 11 heteroatoms. The maximum atomic E-state index is 14.4. The fraction of sp³-hybridized carbons (Fsp3) is 0.548. The Morgan fingerprint density at radius 2 is 1.71 bits per heavy atom. The summed E-state index contributed by atoms with van der Waals surface area (Å²) in [5, 5.41) is 14.4. The number of piperidine rings is 2. The van der Waals surface area contributed by atoms with Crippen LogP contribution in [0.2, 0.25) is 5.02 Å². The summed E-state index contributed by atoms with van der Waals surface area (Å²) in [6.45, 7) is 2.01. The van der Waals surface area contributed by atoms with Crippen LogP contribution in [0.4, 0.5) is 24.5 Å². The van der Waals surface area contributed by atoms with Gasteiger partial charge in [0.1, 0.15) is 0 Å². The number of hydrogen-bond acceptors (Lipinski definition) is 6. The van der Waals surface area contributed by atoms with Gasteiger partial charge >= 0.3 is 6.18 Å². The van der Waals surface area contributed by atoms with Gasteiger partial charge in [-0.25, -0.2) is 0 Å².